The SMILES string of the molecule is C#C/C(C)=N\C=C(C)C. The molecule has 0 atom stereocenters. The van der Waals surface area contributed by atoms with Crippen molar-refractivity contribution in [1.29, 1.82) is 0 Å². The fourth-order valence-electron chi connectivity index (χ4n) is 0.263. The van der Waals surface area contributed by atoms with E-state index in [0.717, 1.165) is 11.3 Å². The first-order valence-corrected chi connectivity index (χ1v) is 2.81. The van der Waals surface area contributed by atoms with Gasteiger partial charge in [0.15, 0.2) is 0 Å². The molecule has 0 unspecified atom stereocenters. The van der Waals surface area contributed by atoms with Crippen molar-refractivity contribution in [1.82, 2.24) is 0 Å². The molecule has 0 bridgehead atoms. The minimum absolute atomic E-state index is 0.719. The Morgan fingerprint density at radius 3 is 2.33 bits per heavy atom. The van der Waals surface area contributed by atoms with Gasteiger partial charge >= 0.3 is 0 Å². The van der Waals surface area contributed by atoms with Crippen LogP contribution in [0.15, 0.2) is 16.8 Å². The van der Waals surface area contributed by atoms with Crippen LogP contribution in [0, 0.1) is 12.3 Å². The highest BCUT2D eigenvalue weighted by molar-refractivity contribution is 5.98. The molecule has 0 spiro atoms. The largest absolute Gasteiger partial charge is 0.253 e. The van der Waals surface area contributed by atoms with Crippen molar-refractivity contribution in [3.8, 4) is 12.3 Å². The molecular formula is C8H11N. The van der Waals surface area contributed by atoms with Gasteiger partial charge in [0.25, 0.3) is 0 Å². The van der Waals surface area contributed by atoms with E-state index >= 15 is 0 Å². The summed E-state index contributed by atoms with van der Waals surface area (Å²) in [5.41, 5.74) is 1.88. The molecule has 0 N–H and O–H groups in total. The molecule has 1 nitrogen and oxygen atoms in total. The number of aliphatic imine (C=N–C) groups is 1. The zero-order chi connectivity index (χ0) is 7.28. The Bertz CT molecular complexity index is 175. The molecule has 0 aromatic carbocycles. The lowest BCUT2D eigenvalue weighted by Gasteiger charge is -1.83. The molecule has 0 fully saturated rings. The highest BCUT2D eigenvalue weighted by atomic mass is 14.7. The Morgan fingerprint density at radius 1 is 1.44 bits per heavy atom. The van der Waals surface area contributed by atoms with Crippen LogP contribution in [0.4, 0.5) is 0 Å². The average Bonchev–Trinajstić information content (AvgIpc) is 1.83. The summed E-state index contributed by atoms with van der Waals surface area (Å²) in [6.07, 6.45) is 6.81. The molecule has 48 valence electrons. The smallest absolute Gasteiger partial charge is 0.0865 e. The van der Waals surface area contributed by atoms with Gasteiger partial charge in [0.1, 0.15) is 0 Å². The van der Waals surface area contributed by atoms with Crippen LogP contribution in [-0.2, 0) is 0 Å². The first-order chi connectivity index (χ1) is 4.16. The van der Waals surface area contributed by atoms with Gasteiger partial charge in [-0.2, -0.15) is 0 Å². The van der Waals surface area contributed by atoms with Crippen LogP contribution in [0.3, 0.4) is 0 Å². The van der Waals surface area contributed by atoms with Gasteiger partial charge in [-0.15, -0.1) is 6.42 Å². The van der Waals surface area contributed by atoms with Gasteiger partial charge in [0.05, 0.1) is 5.71 Å². The lowest BCUT2D eigenvalue weighted by molar-refractivity contribution is 1.33. The summed E-state index contributed by atoms with van der Waals surface area (Å²) in [7, 11) is 0. The first-order valence-electron chi connectivity index (χ1n) is 2.81. The van der Waals surface area contributed by atoms with Crippen LogP contribution in [-0.4, -0.2) is 5.71 Å². The van der Waals surface area contributed by atoms with Crippen LogP contribution in [0.25, 0.3) is 0 Å². The third-order valence-corrected chi connectivity index (χ3v) is 0.725. The summed E-state index contributed by atoms with van der Waals surface area (Å²) in [4.78, 5) is 3.96. The van der Waals surface area contributed by atoms with Crippen LogP contribution in [0.2, 0.25) is 0 Å². The molecule has 0 aromatic heterocycles. The van der Waals surface area contributed by atoms with Crippen molar-refractivity contribution < 1.29 is 0 Å². The van der Waals surface area contributed by atoms with Crippen LogP contribution in [0.1, 0.15) is 20.8 Å². The summed E-state index contributed by atoms with van der Waals surface area (Å²) < 4.78 is 0. The summed E-state index contributed by atoms with van der Waals surface area (Å²) >= 11 is 0. The Balaban J connectivity index is 4.03. The van der Waals surface area contributed by atoms with Crippen molar-refractivity contribution >= 4 is 5.71 Å². The molecule has 0 amide bonds. The predicted molar refractivity (Wildman–Crippen MR) is 41.4 cm³/mol. The Kier molecular flexibility index (Phi) is 3.46. The molecule has 0 aliphatic rings. The van der Waals surface area contributed by atoms with E-state index in [0.29, 0.717) is 0 Å². The standard InChI is InChI=1S/C8H11N/c1-5-8(4)9-6-7(2)3/h1,6H,2-4H3/b9-8-. The van der Waals surface area contributed by atoms with E-state index in [1.807, 2.05) is 13.8 Å². The molecule has 1 heteroatoms. The minimum atomic E-state index is 0.719. The summed E-state index contributed by atoms with van der Waals surface area (Å²) in [5, 5.41) is 0. The van der Waals surface area contributed by atoms with Gasteiger partial charge in [-0.3, -0.25) is 4.99 Å². The minimum Gasteiger partial charge on any atom is -0.253 e. The fraction of sp³-hybridized carbons (Fsp3) is 0.375. The molecule has 0 saturated carbocycles. The van der Waals surface area contributed by atoms with E-state index in [9.17, 15) is 0 Å². The number of rotatable bonds is 1. The van der Waals surface area contributed by atoms with Gasteiger partial charge < -0.3 is 0 Å². The van der Waals surface area contributed by atoms with Crippen LogP contribution >= 0.6 is 0 Å². The molecule has 0 aliphatic carbocycles. The molecule has 0 saturated heterocycles. The van der Waals surface area contributed by atoms with Crippen molar-refractivity contribution in [3.05, 3.63) is 11.8 Å². The second-order valence-electron chi connectivity index (χ2n) is 2.07. The van der Waals surface area contributed by atoms with Gasteiger partial charge in [0, 0.05) is 6.20 Å². The quantitative estimate of drug-likeness (QED) is 0.371. The number of terminal acetylenes is 1. The van der Waals surface area contributed by atoms with Crippen LogP contribution < -0.4 is 0 Å². The summed E-state index contributed by atoms with van der Waals surface area (Å²) in [6.45, 7) is 5.76. The number of hydrogen-bond acceptors (Lipinski definition) is 1. The van der Waals surface area contributed by atoms with Crippen molar-refractivity contribution in [2.24, 2.45) is 4.99 Å². The molecule has 0 aliphatic heterocycles. The number of hydrogen-bond donors (Lipinski definition) is 0. The molecular weight excluding hydrogens is 110 g/mol. The normalized spacial score (nSPS) is 10.2. The fourth-order valence-corrected chi connectivity index (χ4v) is 0.263. The second-order valence-corrected chi connectivity index (χ2v) is 2.07. The van der Waals surface area contributed by atoms with E-state index in [2.05, 4.69) is 10.9 Å². The van der Waals surface area contributed by atoms with Gasteiger partial charge in [-0.05, 0) is 20.8 Å². The van der Waals surface area contributed by atoms with E-state index in [1.54, 1.807) is 13.1 Å². The highest BCUT2D eigenvalue weighted by Gasteiger charge is 1.76. The zero-order valence-electron chi connectivity index (χ0n) is 6.10. The lowest BCUT2D eigenvalue weighted by atomic mass is 10.4. The second kappa shape index (κ2) is 3.91. The molecule has 0 rings (SSSR count). The van der Waals surface area contributed by atoms with E-state index in [-0.39, 0.29) is 0 Å². The van der Waals surface area contributed by atoms with Crippen molar-refractivity contribution in [2.45, 2.75) is 20.8 Å². The van der Waals surface area contributed by atoms with E-state index < -0.39 is 0 Å². The maximum absolute atomic E-state index is 5.05. The summed E-state index contributed by atoms with van der Waals surface area (Å²) in [6, 6.07) is 0. The predicted octanol–water partition coefficient (Wildman–Crippen LogP) is 2.00. The Morgan fingerprint density at radius 2 is 2.00 bits per heavy atom. The molecule has 0 heterocycles. The highest BCUT2D eigenvalue weighted by Crippen LogP contribution is 1.88. The van der Waals surface area contributed by atoms with Gasteiger partial charge in [-0.1, -0.05) is 11.5 Å². The Hall–Kier alpha value is -1.03. The van der Waals surface area contributed by atoms with Crippen LogP contribution in [0.5, 0.6) is 0 Å². The van der Waals surface area contributed by atoms with Crippen molar-refractivity contribution in [3.63, 3.8) is 0 Å². The zero-order valence-corrected chi connectivity index (χ0v) is 6.10. The molecule has 0 radical (unpaired) electrons. The third kappa shape index (κ3) is 4.83. The van der Waals surface area contributed by atoms with Gasteiger partial charge in [-0.25, -0.2) is 0 Å². The maximum atomic E-state index is 5.05. The van der Waals surface area contributed by atoms with Gasteiger partial charge in [0.2, 0.25) is 0 Å². The van der Waals surface area contributed by atoms with E-state index in [1.165, 1.54) is 0 Å². The monoisotopic (exact) mass is 121 g/mol. The number of nitrogens with zero attached hydrogens (tertiary/aromatic N) is 1. The Labute approximate surface area is 56.5 Å². The first kappa shape index (κ1) is 7.97. The van der Waals surface area contributed by atoms with Crippen molar-refractivity contribution in [2.75, 3.05) is 0 Å². The lowest BCUT2D eigenvalue weighted by Crippen LogP contribution is -1.80. The number of allylic oxidation sites excluding steroid dienone is 1. The average molecular weight is 121 g/mol. The topological polar surface area (TPSA) is 12.4 Å². The molecule has 9 heavy (non-hydrogen) atoms. The summed E-state index contributed by atoms with van der Waals surface area (Å²) in [5.74, 6) is 2.43. The molecule has 0 aromatic rings. The third-order valence-electron chi connectivity index (χ3n) is 0.725. The maximum Gasteiger partial charge on any atom is 0.0865 e. The van der Waals surface area contributed by atoms with E-state index in [4.69, 9.17) is 6.42 Å².